The number of benzene rings is 2. The average Bonchev–Trinajstić information content (AvgIpc) is 3.59. The van der Waals surface area contributed by atoms with Gasteiger partial charge >= 0.3 is 0 Å². The lowest BCUT2D eigenvalue weighted by Gasteiger charge is -2.10. The van der Waals surface area contributed by atoms with Crippen molar-refractivity contribution < 1.29 is 19.4 Å². The number of nitrogens with zero attached hydrogens (tertiary/aromatic N) is 2. The van der Waals surface area contributed by atoms with E-state index < -0.39 is 5.91 Å². The van der Waals surface area contributed by atoms with Crippen molar-refractivity contribution in [3.63, 3.8) is 0 Å². The van der Waals surface area contributed by atoms with Crippen molar-refractivity contribution in [1.82, 2.24) is 4.98 Å². The Kier molecular flexibility index (Phi) is 6.82. The lowest BCUT2D eigenvalue weighted by atomic mass is 10.1. The van der Waals surface area contributed by atoms with Crippen molar-refractivity contribution in [2.45, 2.75) is 19.8 Å². The molecule has 1 saturated carbocycles. The number of halogens is 1. The van der Waals surface area contributed by atoms with E-state index in [-0.39, 0.29) is 23.2 Å². The van der Waals surface area contributed by atoms with Gasteiger partial charge in [0.05, 0.1) is 5.69 Å². The molecule has 0 bridgehead atoms. The van der Waals surface area contributed by atoms with Gasteiger partial charge in [0, 0.05) is 23.4 Å². The molecule has 0 aliphatic heterocycles. The molecule has 1 heterocycles. The summed E-state index contributed by atoms with van der Waals surface area (Å²) in [7, 11) is 0. The van der Waals surface area contributed by atoms with E-state index in [0.29, 0.717) is 37.9 Å². The number of rotatable bonds is 7. The summed E-state index contributed by atoms with van der Waals surface area (Å²) >= 11 is 6.98. The van der Waals surface area contributed by atoms with Crippen molar-refractivity contribution in [3.05, 3.63) is 74.9 Å². The highest BCUT2D eigenvalue weighted by Crippen LogP contribution is 2.36. The number of anilines is 2. The van der Waals surface area contributed by atoms with Crippen LogP contribution in [0.15, 0.2) is 59.9 Å². The van der Waals surface area contributed by atoms with Crippen LogP contribution in [0.25, 0.3) is 0 Å². The molecule has 34 heavy (non-hydrogen) atoms. The van der Waals surface area contributed by atoms with Gasteiger partial charge in [0.1, 0.15) is 28.2 Å². The SMILES string of the molecule is Cc1nc(Cl)sc1C(=O)Nc1cccc(Oc2ccc(NC(=O)/C(C#N)=C(\O)C3CC3)cc2)c1. The van der Waals surface area contributed by atoms with E-state index >= 15 is 0 Å². The zero-order valence-electron chi connectivity index (χ0n) is 18.0. The van der Waals surface area contributed by atoms with Crippen LogP contribution < -0.4 is 15.4 Å². The molecule has 4 rings (SSSR count). The van der Waals surface area contributed by atoms with Gasteiger partial charge in [0.15, 0.2) is 10.0 Å². The third-order valence-corrected chi connectivity index (χ3v) is 6.24. The molecule has 0 unspecified atom stereocenters. The van der Waals surface area contributed by atoms with Gasteiger partial charge in [-0.15, -0.1) is 0 Å². The number of aromatic nitrogens is 1. The minimum atomic E-state index is -0.651. The topological polar surface area (TPSA) is 124 Å². The number of carbonyl (C=O) groups excluding carboxylic acids is 2. The minimum Gasteiger partial charge on any atom is -0.510 e. The van der Waals surface area contributed by atoms with Crippen LogP contribution in [0.2, 0.25) is 4.47 Å². The maximum absolute atomic E-state index is 12.5. The predicted octanol–water partition coefficient (Wildman–Crippen LogP) is 5.83. The monoisotopic (exact) mass is 494 g/mol. The molecular formula is C24H19ClN4O4S. The largest absolute Gasteiger partial charge is 0.510 e. The first-order valence-electron chi connectivity index (χ1n) is 10.3. The molecule has 1 aromatic heterocycles. The van der Waals surface area contributed by atoms with Crippen LogP contribution >= 0.6 is 22.9 Å². The van der Waals surface area contributed by atoms with E-state index in [9.17, 15) is 20.0 Å². The van der Waals surface area contributed by atoms with E-state index in [2.05, 4.69) is 15.6 Å². The lowest BCUT2D eigenvalue weighted by molar-refractivity contribution is -0.112. The van der Waals surface area contributed by atoms with Crippen LogP contribution in [0, 0.1) is 24.2 Å². The Labute approximate surface area is 204 Å². The van der Waals surface area contributed by atoms with Gasteiger partial charge in [0.2, 0.25) is 0 Å². The number of hydrogen-bond acceptors (Lipinski definition) is 7. The van der Waals surface area contributed by atoms with E-state index in [1.165, 1.54) is 0 Å². The van der Waals surface area contributed by atoms with Crippen LogP contribution in [0.4, 0.5) is 11.4 Å². The third kappa shape index (κ3) is 5.54. The maximum atomic E-state index is 12.5. The van der Waals surface area contributed by atoms with E-state index in [1.807, 2.05) is 0 Å². The van der Waals surface area contributed by atoms with Crippen molar-refractivity contribution in [3.8, 4) is 17.6 Å². The number of nitrogens with one attached hydrogen (secondary N) is 2. The molecule has 8 nitrogen and oxygen atoms in total. The minimum absolute atomic E-state index is 0.0967. The number of aryl methyl sites for hydroxylation is 1. The number of allylic oxidation sites excluding steroid dienone is 1. The summed E-state index contributed by atoms with van der Waals surface area (Å²) in [6, 6.07) is 15.2. The van der Waals surface area contributed by atoms with Crippen molar-refractivity contribution in [2.24, 2.45) is 5.92 Å². The second kappa shape index (κ2) is 9.95. The fourth-order valence-electron chi connectivity index (χ4n) is 3.12. The first-order chi connectivity index (χ1) is 16.3. The van der Waals surface area contributed by atoms with Gasteiger partial charge in [-0.2, -0.15) is 5.26 Å². The number of nitriles is 1. The number of aliphatic hydroxyl groups is 1. The number of ether oxygens (including phenoxy) is 1. The second-order valence-corrected chi connectivity index (χ2v) is 9.17. The Morgan fingerprint density at radius 2 is 1.88 bits per heavy atom. The standard InChI is InChI=1S/C24H19ClN4O4S/c1-13-21(34-24(25)27-13)23(32)29-16-3-2-4-18(11-16)33-17-9-7-15(8-10-17)28-22(31)19(12-26)20(30)14-5-6-14/h2-4,7-11,14,30H,5-6H2,1H3,(H,28,31)(H,29,32)/b20-19-. The molecule has 0 spiro atoms. The van der Waals surface area contributed by atoms with E-state index in [0.717, 1.165) is 24.2 Å². The molecule has 0 radical (unpaired) electrons. The second-order valence-electron chi connectivity index (χ2n) is 7.59. The molecule has 1 aliphatic carbocycles. The summed E-state index contributed by atoms with van der Waals surface area (Å²) < 4.78 is 6.15. The zero-order valence-corrected chi connectivity index (χ0v) is 19.5. The summed E-state index contributed by atoms with van der Waals surface area (Å²) in [5, 5.41) is 24.6. The van der Waals surface area contributed by atoms with Gasteiger partial charge in [-0.05, 0) is 56.2 Å². The first kappa shape index (κ1) is 23.3. The zero-order chi connectivity index (χ0) is 24.2. The fourth-order valence-corrected chi connectivity index (χ4v) is 4.17. The van der Waals surface area contributed by atoms with Crippen LogP contribution in [0.3, 0.4) is 0 Å². The molecular weight excluding hydrogens is 476 g/mol. The predicted molar refractivity (Wildman–Crippen MR) is 129 cm³/mol. The van der Waals surface area contributed by atoms with Gasteiger partial charge in [-0.25, -0.2) is 4.98 Å². The van der Waals surface area contributed by atoms with Gasteiger partial charge in [-0.3, -0.25) is 9.59 Å². The van der Waals surface area contributed by atoms with E-state index in [4.69, 9.17) is 16.3 Å². The van der Waals surface area contributed by atoms with Crippen LogP contribution in [-0.2, 0) is 4.79 Å². The Hall–Kier alpha value is -3.87. The van der Waals surface area contributed by atoms with E-state index in [1.54, 1.807) is 61.5 Å². The van der Waals surface area contributed by atoms with Crippen molar-refractivity contribution in [2.75, 3.05) is 10.6 Å². The molecule has 1 fully saturated rings. The fraction of sp³-hybridized carbons (Fsp3) is 0.167. The molecule has 0 atom stereocenters. The molecule has 2 amide bonds. The molecule has 3 aromatic rings. The summed E-state index contributed by atoms with van der Waals surface area (Å²) in [5.74, 6) is -0.207. The molecule has 10 heteroatoms. The van der Waals surface area contributed by atoms with Crippen LogP contribution in [-0.4, -0.2) is 21.9 Å². The Bertz CT molecular complexity index is 1320. The number of aliphatic hydroxyl groups excluding tert-OH is 1. The van der Waals surface area contributed by atoms with Crippen LogP contribution in [0.5, 0.6) is 11.5 Å². The quantitative estimate of drug-likeness (QED) is 0.215. The van der Waals surface area contributed by atoms with Crippen LogP contribution in [0.1, 0.15) is 28.2 Å². The molecule has 172 valence electrons. The van der Waals surface area contributed by atoms with Gasteiger partial charge in [0.25, 0.3) is 11.8 Å². The number of hydrogen-bond donors (Lipinski definition) is 3. The number of amides is 2. The highest BCUT2D eigenvalue weighted by atomic mass is 35.5. The number of thiazole rings is 1. The van der Waals surface area contributed by atoms with Gasteiger partial charge in [-0.1, -0.05) is 29.0 Å². The Morgan fingerprint density at radius 3 is 2.50 bits per heavy atom. The lowest BCUT2D eigenvalue weighted by Crippen LogP contribution is -2.15. The maximum Gasteiger partial charge on any atom is 0.269 e. The highest BCUT2D eigenvalue weighted by molar-refractivity contribution is 7.17. The molecule has 2 aromatic carbocycles. The molecule has 1 aliphatic rings. The summed E-state index contributed by atoms with van der Waals surface area (Å²) in [6.45, 7) is 1.72. The normalized spacial score (nSPS) is 13.4. The summed E-state index contributed by atoms with van der Waals surface area (Å²) in [4.78, 5) is 29.3. The first-order valence-corrected chi connectivity index (χ1v) is 11.5. The smallest absolute Gasteiger partial charge is 0.269 e. The Morgan fingerprint density at radius 1 is 1.15 bits per heavy atom. The molecule has 3 N–H and O–H groups in total. The molecule has 0 saturated heterocycles. The highest BCUT2D eigenvalue weighted by Gasteiger charge is 2.30. The van der Waals surface area contributed by atoms with Crippen molar-refractivity contribution >= 4 is 46.1 Å². The van der Waals surface area contributed by atoms with Crippen molar-refractivity contribution in [1.29, 1.82) is 5.26 Å². The summed E-state index contributed by atoms with van der Waals surface area (Å²) in [6.07, 6.45) is 1.56. The van der Waals surface area contributed by atoms with Gasteiger partial charge < -0.3 is 20.5 Å². The third-order valence-electron chi connectivity index (χ3n) is 4.98. The average molecular weight is 495 g/mol. The summed E-state index contributed by atoms with van der Waals surface area (Å²) in [5.41, 5.74) is 1.29. The Balaban J connectivity index is 1.39. The number of carbonyl (C=O) groups is 2.